The highest BCUT2D eigenvalue weighted by Crippen LogP contribution is 2.34. The number of phenolic OH excluding ortho intramolecular Hbond substituents is 1. The van der Waals surface area contributed by atoms with Crippen molar-refractivity contribution >= 4 is 21.6 Å². The topological polar surface area (TPSA) is 41.5 Å². The van der Waals surface area contributed by atoms with Crippen LogP contribution in [0.25, 0.3) is 0 Å². The van der Waals surface area contributed by atoms with Gasteiger partial charge in [0.2, 0.25) is 0 Å². The van der Waals surface area contributed by atoms with Gasteiger partial charge in [-0.1, -0.05) is 22.0 Å². The summed E-state index contributed by atoms with van der Waals surface area (Å²) >= 11 is 3.42. The van der Waals surface area contributed by atoms with Gasteiger partial charge in [0.1, 0.15) is 0 Å². The number of benzene rings is 2. The molecule has 2 aromatic carbocycles. The van der Waals surface area contributed by atoms with Crippen LogP contribution in [-0.2, 0) is 6.54 Å². The molecule has 0 heterocycles. The lowest BCUT2D eigenvalue weighted by Gasteiger charge is -2.12. The third-order valence-corrected chi connectivity index (χ3v) is 3.79. The number of hydrogen-bond donors (Lipinski definition) is 2. The molecule has 0 bridgehead atoms. The second-order valence-electron chi connectivity index (χ2n) is 4.77. The van der Waals surface area contributed by atoms with Crippen molar-refractivity contribution < 1.29 is 9.84 Å². The van der Waals surface area contributed by atoms with E-state index in [9.17, 15) is 5.11 Å². The van der Waals surface area contributed by atoms with Gasteiger partial charge >= 0.3 is 0 Å². The molecule has 0 atom stereocenters. The van der Waals surface area contributed by atoms with E-state index in [2.05, 4.69) is 47.2 Å². The van der Waals surface area contributed by atoms with Crippen molar-refractivity contribution in [1.82, 2.24) is 0 Å². The molecule has 0 aromatic heterocycles. The molecule has 0 aliphatic heterocycles. The Kier molecular flexibility index (Phi) is 4.55. The number of rotatable bonds is 4. The summed E-state index contributed by atoms with van der Waals surface area (Å²) in [5.41, 5.74) is 4.33. The Morgan fingerprint density at radius 1 is 1.15 bits per heavy atom. The number of anilines is 1. The van der Waals surface area contributed by atoms with E-state index in [0.717, 1.165) is 15.7 Å². The van der Waals surface area contributed by atoms with Gasteiger partial charge in [0.05, 0.1) is 7.11 Å². The number of aromatic hydroxyl groups is 1. The van der Waals surface area contributed by atoms with Crippen LogP contribution in [-0.4, -0.2) is 12.2 Å². The lowest BCUT2D eigenvalue weighted by atomic mass is 10.1. The summed E-state index contributed by atoms with van der Waals surface area (Å²) in [6.45, 7) is 4.70. The van der Waals surface area contributed by atoms with Crippen LogP contribution in [0.15, 0.2) is 34.8 Å². The smallest absolute Gasteiger partial charge is 0.162 e. The Hall–Kier alpha value is -1.68. The lowest BCUT2D eigenvalue weighted by Crippen LogP contribution is -2.01. The van der Waals surface area contributed by atoms with Crippen LogP contribution in [0.1, 0.15) is 16.7 Å². The summed E-state index contributed by atoms with van der Waals surface area (Å²) in [4.78, 5) is 0. The predicted molar refractivity (Wildman–Crippen MR) is 85.6 cm³/mol. The first-order valence-electron chi connectivity index (χ1n) is 6.37. The van der Waals surface area contributed by atoms with Crippen LogP contribution in [0.4, 0.5) is 5.69 Å². The van der Waals surface area contributed by atoms with Gasteiger partial charge in [-0.3, -0.25) is 0 Å². The van der Waals surface area contributed by atoms with Gasteiger partial charge in [-0.25, -0.2) is 0 Å². The first kappa shape index (κ1) is 14.7. The first-order chi connectivity index (χ1) is 9.51. The molecule has 2 aromatic rings. The Bertz CT molecular complexity index is 626. The maximum Gasteiger partial charge on any atom is 0.162 e. The molecule has 0 aliphatic carbocycles. The van der Waals surface area contributed by atoms with Gasteiger partial charge in [-0.2, -0.15) is 0 Å². The Labute approximate surface area is 127 Å². The van der Waals surface area contributed by atoms with Crippen molar-refractivity contribution in [3.05, 3.63) is 51.5 Å². The first-order valence-corrected chi connectivity index (χ1v) is 7.17. The molecule has 2 rings (SSSR count). The average molecular weight is 336 g/mol. The minimum absolute atomic E-state index is 0.173. The summed E-state index contributed by atoms with van der Waals surface area (Å²) < 4.78 is 6.02. The van der Waals surface area contributed by atoms with E-state index >= 15 is 0 Å². The second-order valence-corrected chi connectivity index (χ2v) is 5.68. The molecule has 0 radical (unpaired) electrons. The van der Waals surface area contributed by atoms with E-state index in [-0.39, 0.29) is 5.75 Å². The minimum Gasteiger partial charge on any atom is -0.504 e. The van der Waals surface area contributed by atoms with E-state index in [1.54, 1.807) is 13.2 Å². The molecule has 0 aliphatic rings. The van der Waals surface area contributed by atoms with Crippen LogP contribution in [0, 0.1) is 13.8 Å². The third-order valence-electron chi connectivity index (χ3n) is 3.33. The molecule has 0 saturated heterocycles. The third kappa shape index (κ3) is 3.25. The minimum atomic E-state index is 0.173. The number of aryl methyl sites for hydroxylation is 2. The summed E-state index contributed by atoms with van der Waals surface area (Å²) in [5, 5.41) is 13.4. The highest BCUT2D eigenvalue weighted by atomic mass is 79.9. The summed E-state index contributed by atoms with van der Waals surface area (Å²) in [5.74, 6) is 0.642. The predicted octanol–water partition coefficient (Wildman–Crippen LogP) is 4.39. The van der Waals surface area contributed by atoms with Crippen molar-refractivity contribution in [3.8, 4) is 11.5 Å². The molecule has 0 amide bonds. The summed E-state index contributed by atoms with van der Waals surface area (Å²) in [6.07, 6.45) is 0. The Morgan fingerprint density at radius 2 is 1.90 bits per heavy atom. The molecular weight excluding hydrogens is 318 g/mol. The maximum absolute atomic E-state index is 10.1. The highest BCUT2D eigenvalue weighted by Gasteiger charge is 2.09. The molecular formula is C16H18BrNO2. The van der Waals surface area contributed by atoms with Crippen LogP contribution < -0.4 is 10.1 Å². The number of ether oxygens (including phenoxy) is 1. The van der Waals surface area contributed by atoms with E-state index < -0.39 is 0 Å². The zero-order valence-corrected chi connectivity index (χ0v) is 13.4. The van der Waals surface area contributed by atoms with Gasteiger partial charge in [0.15, 0.2) is 11.5 Å². The Morgan fingerprint density at radius 3 is 2.55 bits per heavy atom. The van der Waals surface area contributed by atoms with E-state index in [0.29, 0.717) is 12.3 Å². The monoisotopic (exact) mass is 335 g/mol. The van der Waals surface area contributed by atoms with Crippen molar-refractivity contribution in [2.45, 2.75) is 20.4 Å². The van der Waals surface area contributed by atoms with Gasteiger partial charge < -0.3 is 15.2 Å². The zero-order chi connectivity index (χ0) is 14.7. The number of phenols is 1. The second kappa shape index (κ2) is 6.18. The van der Waals surface area contributed by atoms with Crippen molar-refractivity contribution in [1.29, 1.82) is 0 Å². The maximum atomic E-state index is 10.1. The highest BCUT2D eigenvalue weighted by molar-refractivity contribution is 9.10. The lowest BCUT2D eigenvalue weighted by molar-refractivity contribution is 0.370. The molecule has 0 fully saturated rings. The molecule has 2 N–H and O–H groups in total. The van der Waals surface area contributed by atoms with Crippen molar-refractivity contribution in [3.63, 3.8) is 0 Å². The fraction of sp³-hybridized carbons (Fsp3) is 0.250. The van der Waals surface area contributed by atoms with Crippen molar-refractivity contribution in [2.75, 3.05) is 12.4 Å². The zero-order valence-electron chi connectivity index (χ0n) is 11.8. The van der Waals surface area contributed by atoms with Gasteiger partial charge in [0.25, 0.3) is 0 Å². The fourth-order valence-corrected chi connectivity index (χ4v) is 2.45. The number of halogens is 1. The van der Waals surface area contributed by atoms with E-state index in [1.165, 1.54) is 11.1 Å². The standard InChI is InChI=1S/C16H18BrNO2/c1-10-4-5-14(6-11(10)2)18-9-12-7-13(17)8-15(20-3)16(12)19/h4-8,18-19H,9H2,1-3H3. The quantitative estimate of drug-likeness (QED) is 0.870. The molecule has 0 spiro atoms. The number of hydrogen-bond acceptors (Lipinski definition) is 3. The van der Waals surface area contributed by atoms with Gasteiger partial charge in [0, 0.05) is 22.3 Å². The van der Waals surface area contributed by atoms with Gasteiger partial charge in [-0.05, 0) is 49.2 Å². The molecule has 4 heteroatoms. The molecule has 106 valence electrons. The largest absolute Gasteiger partial charge is 0.504 e. The van der Waals surface area contributed by atoms with Crippen LogP contribution in [0.2, 0.25) is 0 Å². The Balaban J connectivity index is 2.18. The number of methoxy groups -OCH3 is 1. The molecule has 20 heavy (non-hydrogen) atoms. The van der Waals surface area contributed by atoms with Crippen LogP contribution in [0.5, 0.6) is 11.5 Å². The van der Waals surface area contributed by atoms with E-state index in [1.807, 2.05) is 12.1 Å². The molecule has 0 unspecified atom stereocenters. The van der Waals surface area contributed by atoms with Crippen LogP contribution >= 0.6 is 15.9 Å². The normalized spacial score (nSPS) is 10.4. The summed E-state index contributed by atoms with van der Waals surface area (Å²) in [6, 6.07) is 9.84. The average Bonchev–Trinajstić information content (AvgIpc) is 2.43. The molecule has 3 nitrogen and oxygen atoms in total. The SMILES string of the molecule is COc1cc(Br)cc(CNc2ccc(C)c(C)c2)c1O. The molecule has 0 saturated carbocycles. The van der Waals surface area contributed by atoms with Crippen molar-refractivity contribution in [2.24, 2.45) is 0 Å². The number of nitrogens with one attached hydrogen (secondary N) is 1. The fourth-order valence-electron chi connectivity index (χ4n) is 1.97. The van der Waals surface area contributed by atoms with Crippen LogP contribution in [0.3, 0.4) is 0 Å². The summed E-state index contributed by atoms with van der Waals surface area (Å²) in [7, 11) is 1.54. The van der Waals surface area contributed by atoms with E-state index in [4.69, 9.17) is 4.74 Å². The van der Waals surface area contributed by atoms with Gasteiger partial charge in [-0.15, -0.1) is 0 Å².